The number of pyridine rings is 1. The van der Waals surface area contributed by atoms with Gasteiger partial charge in [0.1, 0.15) is 5.65 Å². The third-order valence-electron chi connectivity index (χ3n) is 3.46. The minimum atomic E-state index is 0.627. The molecule has 1 aliphatic heterocycles. The lowest BCUT2D eigenvalue weighted by molar-refractivity contribution is 0.572. The second kappa shape index (κ2) is 4.37. The minimum Gasteiger partial charge on any atom is -0.369 e. The molecular formula is C13H18N4. The first kappa shape index (κ1) is 10.6. The monoisotopic (exact) mass is 230 g/mol. The van der Waals surface area contributed by atoms with E-state index in [2.05, 4.69) is 39.2 Å². The molecule has 0 amide bonds. The molecule has 3 heterocycles. The Balaban J connectivity index is 1.87. The van der Waals surface area contributed by atoms with E-state index in [1.165, 1.54) is 17.5 Å². The molecule has 90 valence electrons. The highest BCUT2D eigenvalue weighted by Crippen LogP contribution is 2.27. The van der Waals surface area contributed by atoms with E-state index in [9.17, 15) is 0 Å². The first-order valence-electron chi connectivity index (χ1n) is 6.29. The van der Waals surface area contributed by atoms with Crippen LogP contribution in [-0.2, 0) is 0 Å². The van der Waals surface area contributed by atoms with Crippen LogP contribution in [0.2, 0.25) is 0 Å². The zero-order valence-electron chi connectivity index (χ0n) is 10.1. The quantitative estimate of drug-likeness (QED) is 0.844. The van der Waals surface area contributed by atoms with Crippen LogP contribution in [0.1, 0.15) is 13.3 Å². The SMILES string of the molecule is CCN[C@H]1CCN(c2ccnc3[nH]ccc23)C1. The van der Waals surface area contributed by atoms with E-state index in [4.69, 9.17) is 0 Å². The van der Waals surface area contributed by atoms with Gasteiger partial charge < -0.3 is 15.2 Å². The van der Waals surface area contributed by atoms with Gasteiger partial charge in [-0.15, -0.1) is 0 Å². The van der Waals surface area contributed by atoms with Gasteiger partial charge in [0.15, 0.2) is 0 Å². The largest absolute Gasteiger partial charge is 0.369 e. The summed E-state index contributed by atoms with van der Waals surface area (Å²) in [4.78, 5) is 9.95. The molecule has 0 aromatic carbocycles. The summed E-state index contributed by atoms with van der Waals surface area (Å²) in [5, 5.41) is 4.75. The normalized spacial score (nSPS) is 20.3. The van der Waals surface area contributed by atoms with Crippen LogP contribution in [0, 0.1) is 0 Å². The Kier molecular flexibility index (Phi) is 2.73. The number of fused-ring (bicyclic) bond motifs is 1. The maximum Gasteiger partial charge on any atom is 0.139 e. The van der Waals surface area contributed by atoms with Crippen LogP contribution in [0.3, 0.4) is 0 Å². The number of likely N-dealkylation sites (N-methyl/N-ethyl adjacent to an activating group) is 1. The van der Waals surface area contributed by atoms with Crippen molar-refractivity contribution in [1.29, 1.82) is 0 Å². The second-order valence-corrected chi connectivity index (χ2v) is 4.56. The number of H-pyrrole nitrogens is 1. The van der Waals surface area contributed by atoms with Gasteiger partial charge in [-0.1, -0.05) is 6.92 Å². The van der Waals surface area contributed by atoms with Crippen LogP contribution < -0.4 is 10.2 Å². The Bertz CT molecular complexity index is 505. The molecule has 0 spiro atoms. The van der Waals surface area contributed by atoms with E-state index < -0.39 is 0 Å². The third-order valence-corrected chi connectivity index (χ3v) is 3.46. The summed E-state index contributed by atoms with van der Waals surface area (Å²) < 4.78 is 0. The molecule has 0 saturated carbocycles. The number of hydrogen-bond acceptors (Lipinski definition) is 3. The lowest BCUT2D eigenvalue weighted by atomic mass is 10.2. The molecule has 0 bridgehead atoms. The van der Waals surface area contributed by atoms with E-state index in [0.717, 1.165) is 25.3 Å². The van der Waals surface area contributed by atoms with Gasteiger partial charge in [-0.05, 0) is 25.1 Å². The van der Waals surface area contributed by atoms with Crippen molar-refractivity contribution in [1.82, 2.24) is 15.3 Å². The van der Waals surface area contributed by atoms with Crippen molar-refractivity contribution < 1.29 is 0 Å². The van der Waals surface area contributed by atoms with Crippen molar-refractivity contribution in [2.24, 2.45) is 0 Å². The van der Waals surface area contributed by atoms with E-state index in [1.54, 1.807) is 0 Å². The predicted octanol–water partition coefficient (Wildman–Crippen LogP) is 1.75. The summed E-state index contributed by atoms with van der Waals surface area (Å²) >= 11 is 0. The van der Waals surface area contributed by atoms with E-state index in [1.807, 2.05) is 12.4 Å². The zero-order valence-corrected chi connectivity index (χ0v) is 10.1. The maximum atomic E-state index is 4.33. The summed E-state index contributed by atoms with van der Waals surface area (Å²) in [6.07, 6.45) is 5.07. The molecule has 0 unspecified atom stereocenters. The highest BCUT2D eigenvalue weighted by molar-refractivity contribution is 5.89. The summed E-state index contributed by atoms with van der Waals surface area (Å²) in [7, 11) is 0. The first-order chi connectivity index (χ1) is 8.38. The number of hydrogen-bond donors (Lipinski definition) is 2. The molecule has 0 aliphatic carbocycles. The van der Waals surface area contributed by atoms with Crippen molar-refractivity contribution in [2.45, 2.75) is 19.4 Å². The summed E-state index contributed by atoms with van der Waals surface area (Å²) in [5.74, 6) is 0. The van der Waals surface area contributed by atoms with E-state index in [0.29, 0.717) is 6.04 Å². The number of aromatic amines is 1. The molecule has 17 heavy (non-hydrogen) atoms. The Morgan fingerprint density at radius 1 is 1.53 bits per heavy atom. The number of nitrogens with zero attached hydrogens (tertiary/aromatic N) is 2. The van der Waals surface area contributed by atoms with Crippen molar-refractivity contribution in [3.05, 3.63) is 24.5 Å². The molecule has 0 radical (unpaired) electrons. The van der Waals surface area contributed by atoms with Crippen molar-refractivity contribution in [2.75, 3.05) is 24.5 Å². The Morgan fingerprint density at radius 2 is 2.47 bits per heavy atom. The number of anilines is 1. The zero-order chi connectivity index (χ0) is 11.7. The summed E-state index contributed by atoms with van der Waals surface area (Å²) in [6, 6.07) is 4.85. The molecule has 2 N–H and O–H groups in total. The smallest absolute Gasteiger partial charge is 0.139 e. The highest BCUT2D eigenvalue weighted by Gasteiger charge is 2.23. The fourth-order valence-electron chi connectivity index (χ4n) is 2.66. The number of aromatic nitrogens is 2. The molecule has 1 atom stereocenters. The van der Waals surface area contributed by atoms with Crippen LogP contribution in [0.25, 0.3) is 11.0 Å². The lowest BCUT2D eigenvalue weighted by Gasteiger charge is -2.19. The predicted molar refractivity (Wildman–Crippen MR) is 70.4 cm³/mol. The molecule has 4 heteroatoms. The summed E-state index contributed by atoms with van der Waals surface area (Å²) in [5.41, 5.74) is 2.28. The fraction of sp³-hybridized carbons (Fsp3) is 0.462. The molecule has 1 saturated heterocycles. The average Bonchev–Trinajstić information content (AvgIpc) is 2.96. The standard InChI is InChI=1S/C13H18N4/c1-2-14-10-5-8-17(9-10)12-4-7-16-13-11(12)3-6-15-13/h3-4,6-7,10,14H,2,5,8-9H2,1H3,(H,15,16)/t10-/m0/s1. The summed E-state index contributed by atoms with van der Waals surface area (Å²) in [6.45, 7) is 5.44. The van der Waals surface area contributed by atoms with Crippen LogP contribution >= 0.6 is 0 Å². The topological polar surface area (TPSA) is 44.0 Å². The van der Waals surface area contributed by atoms with Crippen molar-refractivity contribution in [3.63, 3.8) is 0 Å². The Morgan fingerprint density at radius 3 is 3.35 bits per heavy atom. The number of nitrogens with one attached hydrogen (secondary N) is 2. The molecular weight excluding hydrogens is 212 g/mol. The van der Waals surface area contributed by atoms with Gasteiger partial charge in [0.25, 0.3) is 0 Å². The van der Waals surface area contributed by atoms with Crippen molar-refractivity contribution >= 4 is 16.7 Å². The van der Waals surface area contributed by atoms with E-state index >= 15 is 0 Å². The van der Waals surface area contributed by atoms with Gasteiger partial charge in [0, 0.05) is 42.6 Å². The fourth-order valence-corrected chi connectivity index (χ4v) is 2.66. The maximum absolute atomic E-state index is 4.33. The minimum absolute atomic E-state index is 0.627. The first-order valence-corrected chi connectivity index (χ1v) is 6.29. The third kappa shape index (κ3) is 1.89. The molecule has 1 fully saturated rings. The van der Waals surface area contributed by atoms with Gasteiger partial charge in [0.05, 0.1) is 0 Å². The Labute approximate surface area is 101 Å². The second-order valence-electron chi connectivity index (χ2n) is 4.56. The molecule has 4 nitrogen and oxygen atoms in total. The van der Waals surface area contributed by atoms with Gasteiger partial charge in [-0.3, -0.25) is 0 Å². The highest BCUT2D eigenvalue weighted by atomic mass is 15.2. The number of rotatable bonds is 3. The van der Waals surface area contributed by atoms with Crippen molar-refractivity contribution in [3.8, 4) is 0 Å². The van der Waals surface area contributed by atoms with Gasteiger partial charge in [-0.25, -0.2) is 4.98 Å². The van der Waals surface area contributed by atoms with E-state index in [-0.39, 0.29) is 0 Å². The van der Waals surface area contributed by atoms with Crippen LogP contribution in [0.4, 0.5) is 5.69 Å². The van der Waals surface area contributed by atoms with Crippen LogP contribution in [0.15, 0.2) is 24.5 Å². The van der Waals surface area contributed by atoms with Crippen LogP contribution in [-0.4, -0.2) is 35.6 Å². The van der Waals surface area contributed by atoms with Gasteiger partial charge >= 0.3 is 0 Å². The lowest BCUT2D eigenvalue weighted by Crippen LogP contribution is -2.32. The molecule has 2 aromatic heterocycles. The molecule has 2 aromatic rings. The van der Waals surface area contributed by atoms with Crippen LogP contribution in [0.5, 0.6) is 0 Å². The Hall–Kier alpha value is -1.55. The molecule has 1 aliphatic rings. The average molecular weight is 230 g/mol. The van der Waals surface area contributed by atoms with Gasteiger partial charge in [0.2, 0.25) is 0 Å². The molecule has 3 rings (SSSR count). The van der Waals surface area contributed by atoms with Gasteiger partial charge in [-0.2, -0.15) is 0 Å².